The Morgan fingerprint density at radius 2 is 2.24 bits per heavy atom. The first-order chi connectivity index (χ1) is 10.1. The Morgan fingerprint density at radius 1 is 1.38 bits per heavy atom. The minimum atomic E-state index is 0.427. The minimum absolute atomic E-state index is 0.427. The molecule has 0 spiro atoms. The van der Waals surface area contributed by atoms with E-state index in [0.29, 0.717) is 5.41 Å². The van der Waals surface area contributed by atoms with Gasteiger partial charge in [0.15, 0.2) is 0 Å². The van der Waals surface area contributed by atoms with Gasteiger partial charge < -0.3 is 5.32 Å². The van der Waals surface area contributed by atoms with Gasteiger partial charge in [0.05, 0.1) is 11.9 Å². The van der Waals surface area contributed by atoms with Crippen molar-refractivity contribution in [2.24, 2.45) is 5.41 Å². The molecule has 0 aliphatic carbocycles. The second-order valence-electron chi connectivity index (χ2n) is 6.68. The summed E-state index contributed by atoms with van der Waals surface area (Å²) in [5.74, 6) is 1.94. The highest BCUT2D eigenvalue weighted by molar-refractivity contribution is 7.16. The van der Waals surface area contributed by atoms with Gasteiger partial charge in [-0.2, -0.15) is 0 Å². The molecule has 0 amide bonds. The van der Waals surface area contributed by atoms with Gasteiger partial charge in [-0.1, -0.05) is 20.8 Å². The van der Waals surface area contributed by atoms with Crippen LogP contribution in [-0.4, -0.2) is 34.5 Å². The molecule has 1 aliphatic heterocycles. The molecule has 0 atom stereocenters. The normalized spacial score (nSPS) is 18.4. The molecule has 114 valence electrons. The monoisotopic (exact) mass is 304 g/mol. The van der Waals surface area contributed by atoms with E-state index in [2.05, 4.69) is 42.4 Å². The van der Waals surface area contributed by atoms with E-state index in [0.717, 1.165) is 54.5 Å². The van der Waals surface area contributed by atoms with Crippen molar-refractivity contribution in [2.75, 3.05) is 25.0 Å². The predicted octanol–water partition coefficient (Wildman–Crippen LogP) is 3.75. The zero-order chi connectivity index (χ0) is 14.9. The van der Waals surface area contributed by atoms with Crippen molar-refractivity contribution < 1.29 is 0 Å². The topological polar surface area (TPSA) is 41.1 Å². The van der Waals surface area contributed by atoms with Crippen LogP contribution in [0.2, 0.25) is 0 Å². The number of fused-ring (bicyclic) bond motifs is 1. The Labute approximate surface area is 130 Å². The Bertz CT molecular complexity index is 620. The van der Waals surface area contributed by atoms with Crippen LogP contribution < -0.4 is 5.32 Å². The summed E-state index contributed by atoms with van der Waals surface area (Å²) >= 11 is 1.70. The number of nitrogens with one attached hydrogen (secondary N) is 1. The van der Waals surface area contributed by atoms with Crippen LogP contribution in [0.5, 0.6) is 0 Å². The number of anilines is 1. The number of nitrogens with zero attached hydrogens (tertiary/aromatic N) is 3. The quantitative estimate of drug-likeness (QED) is 0.913. The fourth-order valence-corrected chi connectivity index (χ4v) is 3.69. The van der Waals surface area contributed by atoms with Gasteiger partial charge in [0.1, 0.15) is 16.5 Å². The molecule has 0 saturated carbocycles. The number of hydrogen-bond acceptors (Lipinski definition) is 5. The first kappa shape index (κ1) is 14.7. The lowest BCUT2D eigenvalue weighted by Crippen LogP contribution is -2.24. The third-order valence-electron chi connectivity index (χ3n) is 4.04. The average molecular weight is 304 g/mol. The summed E-state index contributed by atoms with van der Waals surface area (Å²) in [6.07, 6.45) is 2.36. The van der Waals surface area contributed by atoms with Crippen LogP contribution in [0, 0.1) is 5.41 Å². The summed E-state index contributed by atoms with van der Waals surface area (Å²) in [6.45, 7) is 10.9. The van der Waals surface area contributed by atoms with E-state index in [9.17, 15) is 0 Å². The van der Waals surface area contributed by atoms with Gasteiger partial charge in [0.2, 0.25) is 0 Å². The number of hydrogen-bond donors (Lipinski definition) is 1. The third kappa shape index (κ3) is 3.35. The summed E-state index contributed by atoms with van der Waals surface area (Å²) in [7, 11) is 0. The van der Waals surface area contributed by atoms with E-state index in [1.54, 1.807) is 11.3 Å². The van der Waals surface area contributed by atoms with Gasteiger partial charge in [0, 0.05) is 13.1 Å². The Balaban J connectivity index is 1.82. The summed E-state index contributed by atoms with van der Waals surface area (Å²) < 4.78 is 0. The number of thiophene rings is 1. The predicted molar refractivity (Wildman–Crippen MR) is 89.9 cm³/mol. The van der Waals surface area contributed by atoms with E-state index in [4.69, 9.17) is 9.97 Å². The zero-order valence-electron chi connectivity index (χ0n) is 13.1. The highest BCUT2D eigenvalue weighted by atomic mass is 32.1. The van der Waals surface area contributed by atoms with Crippen molar-refractivity contribution in [2.45, 2.75) is 40.2 Å². The molecule has 21 heavy (non-hydrogen) atoms. The summed E-state index contributed by atoms with van der Waals surface area (Å²) in [5, 5.41) is 6.69. The molecule has 2 aromatic heterocycles. The lowest BCUT2D eigenvalue weighted by molar-refractivity contribution is 0.279. The van der Waals surface area contributed by atoms with E-state index < -0.39 is 0 Å². The maximum absolute atomic E-state index is 4.76. The molecule has 4 nitrogen and oxygen atoms in total. The van der Waals surface area contributed by atoms with Crippen LogP contribution in [-0.2, 0) is 6.54 Å². The molecule has 1 fully saturated rings. The van der Waals surface area contributed by atoms with Gasteiger partial charge in [-0.3, -0.25) is 4.90 Å². The molecule has 3 rings (SSSR count). The maximum atomic E-state index is 4.76. The van der Waals surface area contributed by atoms with Crippen LogP contribution in [0.15, 0.2) is 11.4 Å². The number of aromatic nitrogens is 2. The van der Waals surface area contributed by atoms with Crippen molar-refractivity contribution in [1.82, 2.24) is 14.9 Å². The zero-order valence-corrected chi connectivity index (χ0v) is 14.0. The Morgan fingerprint density at radius 3 is 2.95 bits per heavy atom. The minimum Gasteiger partial charge on any atom is -0.369 e. The molecule has 0 unspecified atom stereocenters. The lowest BCUT2D eigenvalue weighted by atomic mass is 9.93. The molecule has 3 heterocycles. The van der Waals surface area contributed by atoms with Crippen molar-refractivity contribution in [3.8, 4) is 0 Å². The highest BCUT2D eigenvalue weighted by Gasteiger charge is 2.29. The van der Waals surface area contributed by atoms with Crippen molar-refractivity contribution in [3.63, 3.8) is 0 Å². The summed E-state index contributed by atoms with van der Waals surface area (Å²) in [4.78, 5) is 13.1. The summed E-state index contributed by atoms with van der Waals surface area (Å²) in [5.41, 5.74) is 0.427. The highest BCUT2D eigenvalue weighted by Crippen LogP contribution is 2.30. The van der Waals surface area contributed by atoms with Gasteiger partial charge in [-0.05, 0) is 36.2 Å². The maximum Gasteiger partial charge on any atom is 0.146 e. The lowest BCUT2D eigenvalue weighted by Gasteiger charge is -2.19. The van der Waals surface area contributed by atoms with Crippen molar-refractivity contribution in [1.29, 1.82) is 0 Å². The van der Waals surface area contributed by atoms with Gasteiger partial charge >= 0.3 is 0 Å². The molecule has 2 aromatic rings. The standard InChI is InChI=1S/C16H24N4S/c1-4-7-17-14-12-5-9-21-15(12)19-13(18-14)10-20-8-6-16(2,3)11-20/h5,9H,4,6-8,10-11H2,1-3H3,(H,17,18,19). The first-order valence-corrected chi connectivity index (χ1v) is 8.66. The molecule has 0 radical (unpaired) electrons. The summed E-state index contributed by atoms with van der Waals surface area (Å²) in [6, 6.07) is 2.11. The second kappa shape index (κ2) is 5.89. The molecule has 1 N–H and O–H groups in total. The SMILES string of the molecule is CCCNc1nc(CN2CCC(C)(C)C2)nc2sccc12. The molecular weight excluding hydrogens is 280 g/mol. The van der Waals surface area contributed by atoms with Crippen LogP contribution in [0.25, 0.3) is 10.2 Å². The molecule has 0 aromatic carbocycles. The van der Waals surface area contributed by atoms with Gasteiger partial charge in [-0.15, -0.1) is 11.3 Å². The fraction of sp³-hybridized carbons (Fsp3) is 0.625. The largest absolute Gasteiger partial charge is 0.369 e. The van der Waals surface area contributed by atoms with Gasteiger partial charge in [0.25, 0.3) is 0 Å². The molecule has 0 bridgehead atoms. The van der Waals surface area contributed by atoms with Crippen LogP contribution in [0.1, 0.15) is 39.4 Å². The Hall–Kier alpha value is -1.20. The Kier molecular flexibility index (Phi) is 4.13. The smallest absolute Gasteiger partial charge is 0.146 e. The van der Waals surface area contributed by atoms with E-state index in [1.165, 1.54) is 6.42 Å². The first-order valence-electron chi connectivity index (χ1n) is 7.78. The van der Waals surface area contributed by atoms with Crippen molar-refractivity contribution >= 4 is 27.4 Å². The molecule has 1 saturated heterocycles. The average Bonchev–Trinajstić information content (AvgIpc) is 3.02. The van der Waals surface area contributed by atoms with Crippen LogP contribution in [0.3, 0.4) is 0 Å². The van der Waals surface area contributed by atoms with Crippen LogP contribution >= 0.6 is 11.3 Å². The van der Waals surface area contributed by atoms with E-state index in [1.807, 2.05) is 0 Å². The number of likely N-dealkylation sites (tertiary alicyclic amines) is 1. The second-order valence-corrected chi connectivity index (χ2v) is 7.57. The van der Waals surface area contributed by atoms with E-state index in [-0.39, 0.29) is 0 Å². The fourth-order valence-electron chi connectivity index (χ4n) is 2.91. The van der Waals surface area contributed by atoms with Gasteiger partial charge in [-0.25, -0.2) is 9.97 Å². The molecule has 1 aliphatic rings. The van der Waals surface area contributed by atoms with E-state index >= 15 is 0 Å². The molecule has 5 heteroatoms. The number of rotatable bonds is 5. The third-order valence-corrected chi connectivity index (χ3v) is 4.84. The molecular formula is C16H24N4S. The van der Waals surface area contributed by atoms with Crippen LogP contribution in [0.4, 0.5) is 5.82 Å². The van der Waals surface area contributed by atoms with Crippen molar-refractivity contribution in [3.05, 3.63) is 17.3 Å².